The first-order valence-corrected chi connectivity index (χ1v) is 16.3. The third-order valence-electron chi connectivity index (χ3n) is 6.46. The number of halogens is 2. The molecule has 3 amide bonds. The summed E-state index contributed by atoms with van der Waals surface area (Å²) in [6.45, 7) is 6.09. The summed E-state index contributed by atoms with van der Waals surface area (Å²) in [5, 5.41) is 6.00. The lowest BCUT2D eigenvalue weighted by Gasteiger charge is -2.33. The fourth-order valence-corrected chi connectivity index (χ4v) is 5.24. The Hall–Kier alpha value is -3.87. The van der Waals surface area contributed by atoms with E-state index in [2.05, 4.69) is 15.6 Å². The van der Waals surface area contributed by atoms with Crippen molar-refractivity contribution in [3.05, 3.63) is 75.9 Å². The first-order chi connectivity index (χ1) is 20.6. The van der Waals surface area contributed by atoms with E-state index in [1.807, 2.05) is 0 Å². The summed E-state index contributed by atoms with van der Waals surface area (Å²) in [5.41, 5.74) is -0.370. The van der Waals surface area contributed by atoms with E-state index in [1.165, 1.54) is 48.7 Å². The summed E-state index contributed by atoms with van der Waals surface area (Å²) in [6.07, 6.45) is 2.47. The van der Waals surface area contributed by atoms with Gasteiger partial charge in [-0.05, 0) is 69.3 Å². The van der Waals surface area contributed by atoms with Crippen LogP contribution in [0.3, 0.4) is 0 Å². The second-order valence-corrected chi connectivity index (χ2v) is 14.1. The quantitative estimate of drug-likeness (QED) is 0.310. The Kier molecular flexibility index (Phi) is 10.1. The number of hydrogen-bond donors (Lipinski definition) is 2. The molecule has 1 saturated heterocycles. The highest BCUT2D eigenvalue weighted by atomic mass is 35.5. The number of ether oxygens (including phenoxy) is 2. The van der Waals surface area contributed by atoms with Crippen molar-refractivity contribution in [2.75, 3.05) is 30.0 Å². The summed E-state index contributed by atoms with van der Waals surface area (Å²) < 4.78 is 36.3. The van der Waals surface area contributed by atoms with Crippen molar-refractivity contribution in [1.29, 1.82) is 0 Å². The summed E-state index contributed by atoms with van der Waals surface area (Å²) >= 11 is 12.0. The SMILES string of the molecule is CC(C)(C)OC(=O)N1CCC(Oc2cc(S(C)(=O)=O)ccc2C(=O)Nc2ccc(Cl)cc2C(=O)Nc2ccc(Cl)cn2)CC1. The van der Waals surface area contributed by atoms with Gasteiger partial charge in [0, 0.05) is 43.4 Å². The zero-order valence-corrected chi connectivity index (χ0v) is 26.8. The van der Waals surface area contributed by atoms with E-state index in [4.69, 9.17) is 32.7 Å². The van der Waals surface area contributed by atoms with Crippen LogP contribution in [0.1, 0.15) is 54.3 Å². The molecular formula is C30H32Cl2N4O7S. The van der Waals surface area contributed by atoms with Crippen LogP contribution >= 0.6 is 23.2 Å². The van der Waals surface area contributed by atoms with Gasteiger partial charge >= 0.3 is 6.09 Å². The number of benzene rings is 2. The summed E-state index contributed by atoms with van der Waals surface area (Å²) in [6, 6.07) is 11.4. The molecule has 234 valence electrons. The lowest BCUT2D eigenvalue weighted by molar-refractivity contribution is 0.0126. The first-order valence-electron chi connectivity index (χ1n) is 13.6. The molecule has 1 aromatic heterocycles. The molecule has 1 aliphatic heterocycles. The van der Waals surface area contributed by atoms with Crippen LogP contribution < -0.4 is 15.4 Å². The third-order valence-corrected chi connectivity index (χ3v) is 8.03. The zero-order valence-electron chi connectivity index (χ0n) is 24.5. The molecule has 44 heavy (non-hydrogen) atoms. The fraction of sp³-hybridized carbons (Fsp3) is 0.333. The molecule has 2 heterocycles. The average Bonchev–Trinajstić information content (AvgIpc) is 2.94. The van der Waals surface area contributed by atoms with E-state index in [1.54, 1.807) is 31.7 Å². The maximum Gasteiger partial charge on any atom is 0.410 e. The molecule has 0 aliphatic carbocycles. The van der Waals surface area contributed by atoms with Crippen molar-refractivity contribution < 1.29 is 32.3 Å². The molecule has 1 fully saturated rings. The van der Waals surface area contributed by atoms with Crippen molar-refractivity contribution in [2.45, 2.75) is 50.2 Å². The van der Waals surface area contributed by atoms with Crippen molar-refractivity contribution in [1.82, 2.24) is 9.88 Å². The van der Waals surface area contributed by atoms with Crippen LogP contribution in [0.4, 0.5) is 16.3 Å². The molecule has 4 rings (SSSR count). The van der Waals surface area contributed by atoms with Gasteiger partial charge < -0.3 is 25.0 Å². The lowest BCUT2D eigenvalue weighted by Crippen LogP contribution is -2.44. The Morgan fingerprint density at radius 1 is 0.909 bits per heavy atom. The molecular weight excluding hydrogens is 631 g/mol. The highest BCUT2D eigenvalue weighted by molar-refractivity contribution is 7.90. The molecule has 0 radical (unpaired) electrons. The van der Waals surface area contributed by atoms with E-state index in [0.29, 0.717) is 31.0 Å². The number of nitrogens with zero attached hydrogens (tertiary/aromatic N) is 2. The van der Waals surface area contributed by atoms with Crippen LogP contribution in [0.2, 0.25) is 10.0 Å². The molecule has 0 saturated carbocycles. The maximum absolute atomic E-state index is 13.6. The minimum absolute atomic E-state index is 0.0303. The monoisotopic (exact) mass is 662 g/mol. The van der Waals surface area contributed by atoms with Gasteiger partial charge in [0.25, 0.3) is 11.8 Å². The molecule has 3 aromatic rings. The number of carbonyl (C=O) groups excluding carboxylic acids is 3. The van der Waals surface area contributed by atoms with Crippen LogP contribution in [0.25, 0.3) is 0 Å². The Balaban J connectivity index is 1.55. The molecule has 2 aromatic carbocycles. The molecule has 11 nitrogen and oxygen atoms in total. The van der Waals surface area contributed by atoms with Gasteiger partial charge in [0.2, 0.25) is 0 Å². The Morgan fingerprint density at radius 2 is 1.57 bits per heavy atom. The van der Waals surface area contributed by atoms with Gasteiger partial charge in [0.15, 0.2) is 9.84 Å². The largest absolute Gasteiger partial charge is 0.489 e. The number of hydrogen-bond acceptors (Lipinski definition) is 8. The first kappa shape index (κ1) is 33.0. The van der Waals surface area contributed by atoms with Gasteiger partial charge in [-0.3, -0.25) is 9.59 Å². The number of sulfone groups is 1. The van der Waals surface area contributed by atoms with Crippen molar-refractivity contribution in [3.8, 4) is 5.75 Å². The molecule has 0 unspecified atom stereocenters. The van der Waals surface area contributed by atoms with Crippen molar-refractivity contribution in [3.63, 3.8) is 0 Å². The second kappa shape index (κ2) is 13.4. The zero-order chi connectivity index (χ0) is 32.2. The number of nitrogens with one attached hydrogen (secondary N) is 2. The Morgan fingerprint density at radius 3 is 2.18 bits per heavy atom. The maximum atomic E-state index is 13.6. The van der Waals surface area contributed by atoms with E-state index < -0.39 is 39.4 Å². The predicted octanol–water partition coefficient (Wildman–Crippen LogP) is 6.07. The minimum atomic E-state index is -3.62. The van der Waals surface area contributed by atoms with Gasteiger partial charge in [-0.15, -0.1) is 0 Å². The number of amides is 3. The van der Waals surface area contributed by atoms with Crippen LogP contribution in [-0.2, 0) is 14.6 Å². The van der Waals surface area contributed by atoms with E-state index in [0.717, 1.165) is 6.26 Å². The van der Waals surface area contributed by atoms with Gasteiger partial charge in [0.05, 0.1) is 26.7 Å². The molecule has 0 spiro atoms. The number of likely N-dealkylation sites (tertiary alicyclic amines) is 1. The summed E-state index contributed by atoms with van der Waals surface area (Å²) in [7, 11) is -3.62. The number of rotatable bonds is 7. The van der Waals surface area contributed by atoms with Crippen LogP contribution in [-0.4, -0.2) is 67.3 Å². The van der Waals surface area contributed by atoms with Crippen molar-refractivity contribution >= 4 is 62.5 Å². The second-order valence-electron chi connectivity index (χ2n) is 11.2. The fourth-order valence-electron chi connectivity index (χ4n) is 4.32. The Bertz CT molecular complexity index is 1670. The average molecular weight is 664 g/mol. The van der Waals surface area contributed by atoms with Gasteiger partial charge in [-0.25, -0.2) is 18.2 Å². The normalized spacial score (nSPS) is 14.1. The van der Waals surface area contributed by atoms with Gasteiger partial charge in [0.1, 0.15) is 23.3 Å². The number of anilines is 2. The minimum Gasteiger partial charge on any atom is -0.489 e. The molecule has 0 atom stereocenters. The van der Waals surface area contributed by atoms with Crippen molar-refractivity contribution in [2.24, 2.45) is 0 Å². The number of carbonyl (C=O) groups is 3. The molecule has 0 bridgehead atoms. The highest BCUT2D eigenvalue weighted by Crippen LogP contribution is 2.29. The number of aromatic nitrogens is 1. The standard InChI is InChI=1S/C30H32Cl2N4O7S/c1-30(2,3)43-29(39)36-13-11-20(12-14-36)42-25-16-21(44(4,40)41)7-8-22(25)27(37)34-24-9-5-18(31)15-23(24)28(38)35-26-10-6-19(32)17-33-26/h5-10,15-17,20H,11-14H2,1-4H3,(H,34,37)(H,33,35,38). The molecule has 14 heteroatoms. The lowest BCUT2D eigenvalue weighted by atomic mass is 10.1. The molecule has 2 N–H and O–H groups in total. The van der Waals surface area contributed by atoms with E-state index in [9.17, 15) is 22.8 Å². The molecule has 1 aliphatic rings. The van der Waals surface area contributed by atoms with Gasteiger partial charge in [-0.1, -0.05) is 23.2 Å². The van der Waals surface area contributed by atoms with E-state index in [-0.39, 0.29) is 38.3 Å². The topological polar surface area (TPSA) is 144 Å². The van der Waals surface area contributed by atoms with E-state index >= 15 is 0 Å². The van der Waals surface area contributed by atoms with Crippen LogP contribution in [0.5, 0.6) is 5.75 Å². The van der Waals surface area contributed by atoms with Crippen LogP contribution in [0, 0.1) is 0 Å². The third kappa shape index (κ3) is 8.84. The summed E-state index contributed by atoms with van der Waals surface area (Å²) in [4.78, 5) is 44.7. The smallest absolute Gasteiger partial charge is 0.410 e. The van der Waals surface area contributed by atoms with Crippen LogP contribution in [0.15, 0.2) is 59.6 Å². The predicted molar refractivity (Wildman–Crippen MR) is 168 cm³/mol. The number of pyridine rings is 1. The summed E-state index contributed by atoms with van der Waals surface area (Å²) in [5.74, 6) is -0.946. The van der Waals surface area contributed by atoms with Gasteiger partial charge in [-0.2, -0.15) is 0 Å². The highest BCUT2D eigenvalue weighted by Gasteiger charge is 2.29. The Labute approximate surface area is 265 Å². The number of piperidine rings is 1.